The Morgan fingerprint density at radius 2 is 0.595 bits per heavy atom. The molecule has 0 radical (unpaired) electrons. The third-order valence-electron chi connectivity index (χ3n) is 14.3. The van der Waals surface area contributed by atoms with Crippen molar-refractivity contribution < 1.29 is 17.6 Å². The summed E-state index contributed by atoms with van der Waals surface area (Å²) in [4.78, 5) is 4.51. The van der Waals surface area contributed by atoms with Gasteiger partial charge in [0.1, 0.15) is 23.3 Å². The highest BCUT2D eigenvalue weighted by atomic mass is 19.1. The van der Waals surface area contributed by atoms with E-state index in [-0.39, 0.29) is 23.3 Å². The Balaban J connectivity index is 1.11. The Labute approximate surface area is 428 Å². The molecular formula is C68H48F4N2. The number of hydrogen-bond acceptors (Lipinski definition) is 2. The monoisotopic (exact) mass is 968 g/mol. The second-order valence-corrected chi connectivity index (χ2v) is 18.9. The predicted molar refractivity (Wildman–Crippen MR) is 300 cm³/mol. The van der Waals surface area contributed by atoms with Crippen LogP contribution in [0.15, 0.2) is 231 Å². The first-order valence-corrected chi connectivity index (χ1v) is 25.0. The second-order valence-electron chi connectivity index (χ2n) is 18.9. The molecule has 0 aliphatic heterocycles. The highest BCUT2D eigenvalue weighted by Gasteiger charge is 2.24. The van der Waals surface area contributed by atoms with Gasteiger partial charge in [-0.25, -0.2) is 17.6 Å². The molecule has 0 amide bonds. The summed E-state index contributed by atoms with van der Waals surface area (Å²) in [5.41, 5.74) is 13.7. The minimum atomic E-state index is -0.346. The number of benzene rings is 12. The molecule has 0 saturated carbocycles. The standard InChI is InChI=1S/C68H48F4N2/c1-3-43-17-25-59(26-18-43)73(61-39-51(47-9-5-13-55(69)35-47)33-52(40-61)48-10-6-14-56(70)36-48)65-31-23-45-22-30-64-66(32-24-46-21-29-63(65)67(45)68(46)64)74(60-27-19-44(4-2)20-28-60)62-41-53(49-11-7-15-57(71)37-49)34-54(42-62)50-12-8-16-58(72)38-50/h5-42H,3-4H2,1-2H3. The number of aryl methyl sites for hydroxylation is 2. The zero-order valence-electron chi connectivity index (χ0n) is 40.8. The van der Waals surface area contributed by atoms with Gasteiger partial charge in [-0.15, -0.1) is 0 Å². The van der Waals surface area contributed by atoms with Gasteiger partial charge >= 0.3 is 0 Å². The molecule has 12 aromatic carbocycles. The van der Waals surface area contributed by atoms with Crippen LogP contribution in [-0.2, 0) is 12.8 Å². The van der Waals surface area contributed by atoms with E-state index in [9.17, 15) is 17.6 Å². The first-order valence-electron chi connectivity index (χ1n) is 25.0. The van der Waals surface area contributed by atoms with Crippen LogP contribution >= 0.6 is 0 Å². The van der Waals surface area contributed by atoms with Gasteiger partial charge in [0.05, 0.1) is 11.4 Å². The van der Waals surface area contributed by atoms with Gasteiger partial charge in [0, 0.05) is 33.5 Å². The fourth-order valence-electron chi connectivity index (χ4n) is 10.6. The molecule has 0 N–H and O–H groups in total. The number of anilines is 6. The lowest BCUT2D eigenvalue weighted by molar-refractivity contribution is 0.628. The van der Waals surface area contributed by atoms with Gasteiger partial charge in [-0.1, -0.05) is 123 Å². The smallest absolute Gasteiger partial charge is 0.123 e. The Morgan fingerprint density at radius 3 is 0.892 bits per heavy atom. The Kier molecular flexibility index (Phi) is 12.0. The summed E-state index contributed by atoms with van der Waals surface area (Å²) in [5.74, 6) is -1.38. The fourth-order valence-corrected chi connectivity index (χ4v) is 10.6. The topological polar surface area (TPSA) is 6.48 Å². The molecule has 358 valence electrons. The van der Waals surface area contributed by atoms with Crippen LogP contribution < -0.4 is 9.80 Å². The predicted octanol–water partition coefficient (Wildman–Crippen LogP) is 19.9. The van der Waals surface area contributed by atoms with Crippen LogP contribution in [0.5, 0.6) is 0 Å². The quantitative estimate of drug-likeness (QED) is 0.0889. The molecule has 0 atom stereocenters. The van der Waals surface area contributed by atoms with Crippen molar-refractivity contribution >= 4 is 66.4 Å². The van der Waals surface area contributed by atoms with E-state index < -0.39 is 0 Å². The van der Waals surface area contributed by atoms with Crippen molar-refractivity contribution in [1.29, 1.82) is 0 Å². The van der Waals surface area contributed by atoms with Crippen LogP contribution in [0.4, 0.5) is 51.7 Å². The molecule has 0 spiro atoms. The van der Waals surface area contributed by atoms with Crippen LogP contribution in [0.3, 0.4) is 0 Å². The van der Waals surface area contributed by atoms with Crippen molar-refractivity contribution in [1.82, 2.24) is 0 Å². The highest BCUT2D eigenvalue weighted by molar-refractivity contribution is 6.28. The number of rotatable bonds is 12. The van der Waals surface area contributed by atoms with Crippen LogP contribution in [0.25, 0.3) is 76.8 Å². The molecule has 0 heterocycles. The molecular weight excluding hydrogens is 921 g/mol. The third-order valence-corrected chi connectivity index (χ3v) is 14.3. The first kappa shape index (κ1) is 46.1. The molecule has 0 unspecified atom stereocenters. The first-order chi connectivity index (χ1) is 36.2. The summed E-state index contributed by atoms with van der Waals surface area (Å²) in [6.07, 6.45) is 1.75. The van der Waals surface area contributed by atoms with Crippen molar-refractivity contribution in [2.45, 2.75) is 26.7 Å². The third kappa shape index (κ3) is 8.68. The van der Waals surface area contributed by atoms with Crippen LogP contribution in [0.2, 0.25) is 0 Å². The average molecular weight is 969 g/mol. The van der Waals surface area contributed by atoms with E-state index in [4.69, 9.17) is 0 Å². The molecule has 0 bridgehead atoms. The lowest BCUT2D eigenvalue weighted by atomic mass is 9.91. The Bertz CT molecular complexity index is 3660. The van der Waals surface area contributed by atoms with E-state index >= 15 is 0 Å². The van der Waals surface area contributed by atoms with Gasteiger partial charge < -0.3 is 9.80 Å². The maximum Gasteiger partial charge on any atom is 0.123 e. The summed E-state index contributed by atoms with van der Waals surface area (Å²) in [6, 6.07) is 73.3. The summed E-state index contributed by atoms with van der Waals surface area (Å²) in [5, 5.41) is 6.32. The zero-order chi connectivity index (χ0) is 50.5. The maximum absolute atomic E-state index is 15.0. The SMILES string of the molecule is CCc1ccc(N(c2cc(-c3cccc(F)c3)cc(-c3cccc(F)c3)c2)c2ccc3ccc4c(N(c5ccc(CC)cc5)c5cc(-c6cccc(F)c6)cc(-c6cccc(F)c6)c5)ccc5ccc2c3c54)cc1. The van der Waals surface area contributed by atoms with Gasteiger partial charge in [-0.2, -0.15) is 0 Å². The summed E-state index contributed by atoms with van der Waals surface area (Å²) < 4.78 is 59.9. The average Bonchev–Trinajstić information content (AvgIpc) is 3.43. The normalized spacial score (nSPS) is 11.5. The Hall–Kier alpha value is -9.00. The van der Waals surface area contributed by atoms with Crippen molar-refractivity contribution in [3.8, 4) is 44.5 Å². The lowest BCUT2D eigenvalue weighted by Crippen LogP contribution is -2.12. The molecule has 0 saturated heterocycles. The van der Waals surface area contributed by atoms with E-state index in [1.807, 2.05) is 36.4 Å². The van der Waals surface area contributed by atoms with E-state index in [0.717, 1.165) is 102 Å². The molecule has 74 heavy (non-hydrogen) atoms. The van der Waals surface area contributed by atoms with Gasteiger partial charge in [0.15, 0.2) is 0 Å². The van der Waals surface area contributed by atoms with E-state index in [1.54, 1.807) is 24.3 Å². The highest BCUT2D eigenvalue weighted by Crippen LogP contribution is 2.49. The van der Waals surface area contributed by atoms with Gasteiger partial charge in [0.2, 0.25) is 0 Å². The van der Waals surface area contributed by atoms with Crippen molar-refractivity contribution in [2.24, 2.45) is 0 Å². The van der Waals surface area contributed by atoms with Gasteiger partial charge in [-0.3, -0.25) is 0 Å². The lowest BCUT2D eigenvalue weighted by Gasteiger charge is -2.30. The minimum Gasteiger partial charge on any atom is -0.310 e. The van der Waals surface area contributed by atoms with Crippen LogP contribution in [0.1, 0.15) is 25.0 Å². The van der Waals surface area contributed by atoms with Gasteiger partial charge in [-0.05, 0) is 211 Å². The zero-order valence-corrected chi connectivity index (χ0v) is 40.8. The molecule has 2 nitrogen and oxygen atoms in total. The summed E-state index contributed by atoms with van der Waals surface area (Å²) in [6.45, 7) is 4.28. The van der Waals surface area contributed by atoms with Crippen molar-refractivity contribution in [3.63, 3.8) is 0 Å². The number of halogens is 4. The molecule has 0 aliphatic rings. The van der Waals surface area contributed by atoms with Crippen molar-refractivity contribution in [2.75, 3.05) is 9.80 Å². The molecule has 12 aromatic rings. The summed E-state index contributed by atoms with van der Waals surface area (Å²) >= 11 is 0. The molecule has 12 rings (SSSR count). The molecule has 0 aromatic heterocycles. The molecule has 0 fully saturated rings. The number of nitrogens with zero attached hydrogens (tertiary/aromatic N) is 2. The number of hydrogen-bond donors (Lipinski definition) is 0. The minimum absolute atomic E-state index is 0.346. The largest absolute Gasteiger partial charge is 0.310 e. The fraction of sp³-hybridized carbons (Fsp3) is 0.0588. The van der Waals surface area contributed by atoms with E-state index in [0.29, 0.717) is 22.3 Å². The van der Waals surface area contributed by atoms with E-state index in [1.165, 1.54) is 59.7 Å². The molecule has 0 aliphatic carbocycles. The van der Waals surface area contributed by atoms with Crippen molar-refractivity contribution in [3.05, 3.63) is 265 Å². The second kappa shape index (κ2) is 19.2. The Morgan fingerprint density at radius 1 is 0.284 bits per heavy atom. The van der Waals surface area contributed by atoms with Crippen LogP contribution in [0, 0.1) is 23.3 Å². The molecule has 6 heteroatoms. The van der Waals surface area contributed by atoms with Gasteiger partial charge in [0.25, 0.3) is 0 Å². The van der Waals surface area contributed by atoms with Crippen LogP contribution in [-0.4, -0.2) is 0 Å². The van der Waals surface area contributed by atoms with E-state index in [2.05, 4.69) is 145 Å². The maximum atomic E-state index is 15.0. The summed E-state index contributed by atoms with van der Waals surface area (Å²) in [7, 11) is 0.